The molecule has 0 saturated heterocycles. The number of benzene rings is 4. The van der Waals surface area contributed by atoms with E-state index in [2.05, 4.69) is 148 Å². The van der Waals surface area contributed by atoms with Crippen molar-refractivity contribution in [1.82, 2.24) is 118 Å². The summed E-state index contributed by atoms with van der Waals surface area (Å²) in [5, 5.41) is 46.2. The van der Waals surface area contributed by atoms with Crippen LogP contribution in [-0.4, -0.2) is 118 Å². The Morgan fingerprint density at radius 1 is 0.269 bits per heavy atom. The Morgan fingerprint density at radius 3 is 0.634 bits per heavy atom. The maximum atomic E-state index is 13.2. The van der Waals surface area contributed by atoms with Crippen LogP contribution in [0.5, 0.6) is 0 Å². The van der Waals surface area contributed by atoms with E-state index in [9.17, 15) is 17.6 Å². The maximum Gasteiger partial charge on any atom is 3.00 e. The normalized spacial score (nSPS) is 9.76. The van der Waals surface area contributed by atoms with Crippen molar-refractivity contribution in [2.75, 3.05) is 0 Å². The molecule has 134 heavy (non-hydrogen) atoms. The van der Waals surface area contributed by atoms with E-state index in [4.69, 9.17) is 23.7 Å². The van der Waals surface area contributed by atoms with Crippen LogP contribution in [0.3, 0.4) is 0 Å². The topological polar surface area (TPSA) is 293 Å². The van der Waals surface area contributed by atoms with Crippen molar-refractivity contribution in [1.29, 1.82) is 10.5 Å². The van der Waals surface area contributed by atoms with E-state index in [1.54, 1.807) is 148 Å². The fraction of sp³-hybridized carbons (Fsp3) is 0.0816. The predicted molar refractivity (Wildman–Crippen MR) is 483 cm³/mol. The van der Waals surface area contributed by atoms with Crippen LogP contribution < -0.4 is 0 Å². The van der Waals surface area contributed by atoms with Crippen LogP contribution in [0.2, 0.25) is 0 Å². The van der Waals surface area contributed by atoms with Gasteiger partial charge in [0.15, 0.2) is 0 Å². The number of halogens is 6. The molecule has 0 unspecified atom stereocenters. The predicted octanol–water partition coefficient (Wildman–Crippen LogP) is 19.8. The molecule has 0 N–H and O–H groups in total. The van der Waals surface area contributed by atoms with Crippen LogP contribution >= 0.6 is 19.2 Å². The monoisotopic (exact) mass is 2530 g/mol. The molecule has 0 atom stereocenters. The fourth-order valence-electron chi connectivity index (χ4n) is 12.0. The molecular weight excluding hydrogens is 2460 g/mol. The van der Waals surface area contributed by atoms with Crippen LogP contribution in [0.4, 0.5) is 17.6 Å². The molecule has 16 heterocycles. The molecule has 0 aliphatic rings. The van der Waals surface area contributed by atoms with Crippen LogP contribution in [0, 0.1) is 151 Å². The zero-order chi connectivity index (χ0) is 94.5. The first kappa shape index (κ1) is 107. The molecule has 0 bridgehead atoms. The molecule has 0 aliphatic heterocycles. The van der Waals surface area contributed by atoms with Crippen LogP contribution in [-0.2, 0) is 76.0 Å². The third kappa shape index (κ3) is 30.9. The SMILES string of the molecule is Cc1nc(C)c(-n2cccn2)[c-]c1-n1cccn1.Cc1nc(C)c(-n2cccn2)[c-]c1-n1cccn1.Cc1nc(C)c(-n2cccn2)[c-]c1-n1cccn1.Cc1nc(C)c(-n2cccn2)[c-]c1-n1cccn1.Fc1c[c-]c(-c2ccccn2)c(F)c1.Fc1c[c-]c(-c2ccccn2)c(F)c1.[C-]#N.[C-]#N.[Cl][Ir+2].[Cl][Ir+2].[Ir+3].[Ir+3].[c-]1ccccc1-c1ccccn1.[c-]1ccccc1-c1ccccn1. The van der Waals surface area contributed by atoms with Gasteiger partial charge in [0.05, 0.1) is 0 Å². The van der Waals surface area contributed by atoms with Crippen LogP contribution in [0.15, 0.2) is 318 Å². The third-order valence-corrected chi connectivity index (χ3v) is 17.8. The van der Waals surface area contributed by atoms with Crippen molar-refractivity contribution in [2.45, 2.75) is 55.4 Å². The Kier molecular flexibility index (Phi) is 45.4. The molecule has 4 aromatic carbocycles. The van der Waals surface area contributed by atoms with Gasteiger partial charge in [-0.05, 0) is 187 Å². The number of pyridine rings is 8. The average Bonchev–Trinajstić information content (AvgIpc) is 1.27. The minimum atomic E-state index is -0.649. The molecule has 0 radical (unpaired) electrons. The van der Waals surface area contributed by atoms with Crippen LogP contribution in [0.25, 0.3) is 90.5 Å². The molecule has 0 aliphatic carbocycles. The summed E-state index contributed by atoms with van der Waals surface area (Å²) in [5.41, 5.74) is 19.2. The fourth-order valence-corrected chi connectivity index (χ4v) is 12.0. The molecule has 16 aromatic heterocycles. The van der Waals surface area contributed by atoms with Crippen molar-refractivity contribution in [3.05, 3.63) is 449 Å². The van der Waals surface area contributed by atoms with Crippen molar-refractivity contribution in [2.24, 2.45) is 0 Å². The molecule has 26 nitrogen and oxygen atoms in total. The summed E-state index contributed by atoms with van der Waals surface area (Å²) in [6, 6.07) is 81.0. The van der Waals surface area contributed by atoms with Crippen molar-refractivity contribution in [3.63, 3.8) is 0 Å². The van der Waals surface area contributed by atoms with Gasteiger partial charge in [-0.3, -0.25) is 55.0 Å². The molecular formula is C98H76Cl2F4Ir4N26. The molecule has 20 rings (SSSR count). The molecule has 36 heteroatoms. The number of aromatic nitrogens is 24. The number of rotatable bonds is 12. The van der Waals surface area contributed by atoms with Gasteiger partial charge in [0.1, 0.15) is 0 Å². The standard InChI is InChI=1S/4C13H12N5.2C11H6F2N.2C11H8N.2CN.2ClH.4Ir/c4*1-10-12(17-7-3-5-14-17)9-13(11(2)16-10)18-8-4-6-15-18;2*12-8-4-5-9(10(13)7-8)11-3-1-2-6-14-11;2*1-2-6-10(7-3-1)11-8-4-5-9-12-11;2*1-2;;;;;;/h4*3-8H,1-2H3;2*1-4,6-7H;2*1-6,8-9H;;;2*1H;;;;/q10*-1;;;4*+3/p-2. The molecule has 20 aromatic rings. The summed E-state index contributed by atoms with van der Waals surface area (Å²) in [4.78, 5) is 34.5. The Hall–Kier alpha value is -14.4. The molecule has 0 spiro atoms. The first-order chi connectivity index (χ1) is 64.5. The van der Waals surface area contributed by atoms with Crippen LogP contribution in [0.1, 0.15) is 45.6 Å². The van der Waals surface area contributed by atoms with Gasteiger partial charge in [0.2, 0.25) is 0 Å². The van der Waals surface area contributed by atoms with Gasteiger partial charge in [-0.1, -0.05) is 127 Å². The average molecular weight is 2530 g/mol. The molecule has 0 amide bonds. The van der Waals surface area contributed by atoms with E-state index in [0.717, 1.165) is 138 Å². The smallest absolute Gasteiger partial charge is 0.305 e. The Labute approximate surface area is 828 Å². The van der Waals surface area contributed by atoms with Gasteiger partial charge in [0.25, 0.3) is 0 Å². The third-order valence-electron chi connectivity index (χ3n) is 17.8. The summed E-state index contributed by atoms with van der Waals surface area (Å²) in [7, 11) is 9.28. The van der Waals surface area contributed by atoms with E-state index in [-0.39, 0.29) is 51.3 Å². The largest absolute Gasteiger partial charge is 3.00 e. The number of hydrogen-bond acceptors (Lipinski definition) is 18. The second kappa shape index (κ2) is 57.1. The van der Waals surface area contributed by atoms with E-state index in [0.29, 0.717) is 11.4 Å². The van der Waals surface area contributed by atoms with Gasteiger partial charge in [-0.25, -0.2) is 0 Å². The zero-order valence-corrected chi connectivity index (χ0v) is 83.3. The molecule has 676 valence electrons. The van der Waals surface area contributed by atoms with Gasteiger partial charge in [0, 0.05) is 147 Å². The second-order valence-electron chi connectivity index (χ2n) is 26.5. The zero-order valence-electron chi connectivity index (χ0n) is 72.3. The van der Waals surface area contributed by atoms with E-state index in [1.165, 1.54) is 35.8 Å². The van der Waals surface area contributed by atoms with Crippen molar-refractivity contribution < 1.29 is 93.6 Å². The van der Waals surface area contributed by atoms with E-state index >= 15 is 0 Å². The first-order valence-corrected chi connectivity index (χ1v) is 45.1. The van der Waals surface area contributed by atoms with Gasteiger partial charge >= 0.3 is 95.2 Å². The minimum Gasteiger partial charge on any atom is -0.305 e. The summed E-state index contributed by atoms with van der Waals surface area (Å²) in [5.74, 6) is -2.57. The van der Waals surface area contributed by atoms with Gasteiger partial charge in [-0.15, -0.1) is 120 Å². The quantitative estimate of drug-likeness (QED) is 0.0811. The van der Waals surface area contributed by atoms with Crippen molar-refractivity contribution in [3.8, 4) is 90.5 Å². The summed E-state index contributed by atoms with van der Waals surface area (Å²) in [6.45, 7) is 25.1. The second-order valence-corrected chi connectivity index (χ2v) is 26.5. The maximum absolute atomic E-state index is 13.2. The first-order valence-electron chi connectivity index (χ1n) is 39.1. The number of aryl methyl sites for hydroxylation is 8. The summed E-state index contributed by atoms with van der Waals surface area (Å²) >= 11 is 2.94. The Morgan fingerprint density at radius 2 is 0.470 bits per heavy atom. The van der Waals surface area contributed by atoms with Gasteiger partial charge in [-0.2, -0.15) is 40.8 Å². The summed E-state index contributed by atoms with van der Waals surface area (Å²) in [6.07, 6.45) is 35.6. The minimum absolute atomic E-state index is 0. The Balaban J connectivity index is 0.000000207. The summed E-state index contributed by atoms with van der Waals surface area (Å²) < 4.78 is 65.7. The van der Waals surface area contributed by atoms with Gasteiger partial charge < -0.3 is 63.5 Å². The van der Waals surface area contributed by atoms with E-state index < -0.39 is 23.3 Å². The molecule has 0 fully saturated rings. The molecule has 0 saturated carbocycles. The van der Waals surface area contributed by atoms with Crippen molar-refractivity contribution >= 4 is 19.2 Å². The number of hydrogen-bond donors (Lipinski definition) is 0. The van der Waals surface area contributed by atoms with E-state index in [1.807, 2.05) is 238 Å². The number of nitrogens with zero attached hydrogens (tertiary/aromatic N) is 26. The Bertz CT molecular complexity index is 5790.